The van der Waals surface area contributed by atoms with Gasteiger partial charge >= 0.3 is 0 Å². The van der Waals surface area contributed by atoms with Gasteiger partial charge in [-0.05, 0) is 31.0 Å². The van der Waals surface area contributed by atoms with E-state index in [0.29, 0.717) is 47.4 Å². The zero-order valence-electron chi connectivity index (χ0n) is 15.9. The number of nitrogen functional groups attached to an aromatic ring is 1. The van der Waals surface area contributed by atoms with E-state index >= 15 is 0 Å². The number of hydrogen-bond donors (Lipinski definition) is 2. The molecule has 3 heterocycles. The minimum atomic E-state index is -3.24. The van der Waals surface area contributed by atoms with E-state index in [1.54, 1.807) is 0 Å². The summed E-state index contributed by atoms with van der Waals surface area (Å²) in [6.45, 7) is 3.02. The van der Waals surface area contributed by atoms with Gasteiger partial charge in [0, 0.05) is 18.0 Å². The quantitative estimate of drug-likeness (QED) is 0.529. The van der Waals surface area contributed by atoms with Crippen LogP contribution in [0, 0.1) is 6.92 Å². The fourth-order valence-corrected chi connectivity index (χ4v) is 4.46. The topological polar surface area (TPSA) is 134 Å². The monoisotopic (exact) mass is 436 g/mol. The Kier molecular flexibility index (Phi) is 5.23. The molecule has 10 nitrogen and oxygen atoms in total. The molecular formula is C17H20N6O4S2. The van der Waals surface area contributed by atoms with Gasteiger partial charge in [0.25, 0.3) is 0 Å². The van der Waals surface area contributed by atoms with Crippen LogP contribution in [-0.4, -0.2) is 47.5 Å². The molecule has 12 heteroatoms. The van der Waals surface area contributed by atoms with Gasteiger partial charge in [0.15, 0.2) is 33.6 Å². The Bertz CT molecular complexity index is 1180. The van der Waals surface area contributed by atoms with Crippen molar-refractivity contribution in [3.63, 3.8) is 0 Å². The molecule has 1 aromatic carbocycles. The van der Waals surface area contributed by atoms with E-state index in [1.807, 2.05) is 23.6 Å². The smallest absolute Gasteiger partial charge is 0.231 e. The van der Waals surface area contributed by atoms with Gasteiger partial charge in [-0.1, -0.05) is 11.8 Å². The lowest BCUT2D eigenvalue weighted by Crippen LogP contribution is -2.24. The van der Waals surface area contributed by atoms with Gasteiger partial charge in [-0.3, -0.25) is 0 Å². The van der Waals surface area contributed by atoms with Crippen LogP contribution in [0.4, 0.5) is 5.82 Å². The van der Waals surface area contributed by atoms with Crippen LogP contribution in [0.3, 0.4) is 0 Å². The van der Waals surface area contributed by atoms with Crippen LogP contribution in [-0.2, 0) is 16.6 Å². The lowest BCUT2D eigenvalue weighted by atomic mass is 10.2. The number of aromatic nitrogens is 4. The minimum Gasteiger partial charge on any atom is -0.454 e. The van der Waals surface area contributed by atoms with Gasteiger partial charge in [-0.15, -0.1) is 0 Å². The maximum absolute atomic E-state index is 11.3. The van der Waals surface area contributed by atoms with Crippen molar-refractivity contribution < 1.29 is 17.9 Å². The van der Waals surface area contributed by atoms with E-state index in [4.69, 9.17) is 15.2 Å². The number of sulfonamides is 1. The van der Waals surface area contributed by atoms with Crippen molar-refractivity contribution in [1.82, 2.24) is 24.2 Å². The highest BCUT2D eigenvalue weighted by Gasteiger charge is 2.20. The third-order valence-electron chi connectivity index (χ3n) is 4.32. The number of anilines is 1. The molecule has 0 bridgehead atoms. The SMILES string of the molecule is Cc1cc2c(cc1Sc1nc3c(N)ncnc3n1CCCNS(C)(=O)=O)OCO2. The number of ether oxygens (including phenoxy) is 2. The van der Waals surface area contributed by atoms with E-state index in [1.165, 1.54) is 18.1 Å². The van der Waals surface area contributed by atoms with E-state index in [-0.39, 0.29) is 6.79 Å². The number of benzene rings is 1. The van der Waals surface area contributed by atoms with Crippen molar-refractivity contribution in [2.24, 2.45) is 0 Å². The Morgan fingerprint density at radius 1 is 1.28 bits per heavy atom. The summed E-state index contributed by atoms with van der Waals surface area (Å²) < 4.78 is 37.9. The number of rotatable bonds is 7. The summed E-state index contributed by atoms with van der Waals surface area (Å²) >= 11 is 1.46. The zero-order valence-corrected chi connectivity index (χ0v) is 17.5. The highest BCUT2D eigenvalue weighted by Crippen LogP contribution is 2.40. The standard InChI is InChI=1S/C17H20N6O4S2/c1-10-6-11-12(27-9-26-11)7-13(10)28-17-22-14-15(18)19-8-20-16(14)23(17)5-3-4-21-29(2,24)25/h6-8,21H,3-5,9H2,1-2H3,(H2,18,19,20). The molecule has 0 radical (unpaired) electrons. The average Bonchev–Trinajstić information content (AvgIpc) is 3.23. The second kappa shape index (κ2) is 7.69. The van der Waals surface area contributed by atoms with Crippen LogP contribution in [0.15, 0.2) is 28.5 Å². The van der Waals surface area contributed by atoms with E-state index in [9.17, 15) is 8.42 Å². The van der Waals surface area contributed by atoms with Crippen LogP contribution >= 0.6 is 11.8 Å². The molecule has 29 heavy (non-hydrogen) atoms. The van der Waals surface area contributed by atoms with Gasteiger partial charge in [0.2, 0.25) is 16.8 Å². The van der Waals surface area contributed by atoms with Crippen LogP contribution in [0.2, 0.25) is 0 Å². The van der Waals surface area contributed by atoms with Crippen LogP contribution in [0.1, 0.15) is 12.0 Å². The number of nitrogens with two attached hydrogens (primary N) is 1. The number of nitrogens with zero attached hydrogens (tertiary/aromatic N) is 4. The molecule has 0 amide bonds. The van der Waals surface area contributed by atoms with Crippen molar-refractivity contribution >= 4 is 38.8 Å². The van der Waals surface area contributed by atoms with Crippen molar-refractivity contribution in [2.45, 2.75) is 29.9 Å². The first-order valence-electron chi connectivity index (χ1n) is 8.81. The predicted octanol–water partition coefficient (Wildman–Crippen LogP) is 1.54. The number of nitrogens with one attached hydrogen (secondary N) is 1. The molecular weight excluding hydrogens is 416 g/mol. The van der Waals surface area contributed by atoms with Gasteiger partial charge in [0.05, 0.1) is 6.26 Å². The van der Waals surface area contributed by atoms with Gasteiger partial charge < -0.3 is 19.8 Å². The first-order valence-corrected chi connectivity index (χ1v) is 11.5. The third kappa shape index (κ3) is 4.23. The fourth-order valence-electron chi connectivity index (χ4n) is 2.94. The van der Waals surface area contributed by atoms with Crippen molar-refractivity contribution in [2.75, 3.05) is 25.3 Å². The predicted molar refractivity (Wildman–Crippen MR) is 109 cm³/mol. The molecule has 2 aromatic heterocycles. The van der Waals surface area contributed by atoms with Crippen LogP contribution in [0.5, 0.6) is 11.5 Å². The Morgan fingerprint density at radius 3 is 2.79 bits per heavy atom. The van der Waals surface area contributed by atoms with Crippen LogP contribution < -0.4 is 19.9 Å². The fraction of sp³-hybridized carbons (Fsp3) is 0.353. The van der Waals surface area contributed by atoms with Gasteiger partial charge in [-0.2, -0.15) is 0 Å². The molecule has 0 unspecified atom stereocenters. The molecule has 1 aliphatic heterocycles. The summed E-state index contributed by atoms with van der Waals surface area (Å²) in [5.41, 5.74) is 8.13. The summed E-state index contributed by atoms with van der Waals surface area (Å²) in [5.74, 6) is 1.71. The molecule has 0 saturated heterocycles. The number of imidazole rings is 1. The average molecular weight is 437 g/mol. The van der Waals surface area contributed by atoms with Gasteiger partial charge in [-0.25, -0.2) is 28.1 Å². The first kappa shape index (κ1) is 19.7. The summed E-state index contributed by atoms with van der Waals surface area (Å²) in [5, 5.41) is 0.688. The molecule has 1 aliphatic rings. The van der Waals surface area contributed by atoms with E-state index in [0.717, 1.165) is 22.5 Å². The van der Waals surface area contributed by atoms with Crippen molar-refractivity contribution in [1.29, 1.82) is 0 Å². The van der Waals surface area contributed by atoms with Crippen molar-refractivity contribution in [3.05, 3.63) is 24.0 Å². The molecule has 3 aromatic rings. The minimum absolute atomic E-state index is 0.209. The Labute approximate surface area is 171 Å². The Balaban J connectivity index is 1.65. The summed E-state index contributed by atoms with van der Waals surface area (Å²) in [6.07, 6.45) is 3.10. The second-order valence-corrected chi connectivity index (χ2v) is 9.41. The highest BCUT2D eigenvalue weighted by molar-refractivity contribution is 7.99. The van der Waals surface area contributed by atoms with E-state index < -0.39 is 10.0 Å². The van der Waals surface area contributed by atoms with Crippen molar-refractivity contribution in [3.8, 4) is 11.5 Å². The van der Waals surface area contributed by atoms with Gasteiger partial charge in [0.1, 0.15) is 6.33 Å². The molecule has 154 valence electrons. The molecule has 3 N–H and O–H groups in total. The van der Waals surface area contributed by atoms with Crippen LogP contribution in [0.25, 0.3) is 11.2 Å². The Morgan fingerprint density at radius 2 is 2.03 bits per heavy atom. The molecule has 0 aliphatic carbocycles. The normalized spacial score (nSPS) is 13.3. The number of hydrogen-bond acceptors (Lipinski definition) is 9. The third-order valence-corrected chi connectivity index (χ3v) is 6.20. The Hall–Kier alpha value is -2.57. The lowest BCUT2D eigenvalue weighted by molar-refractivity contribution is 0.174. The molecule has 0 spiro atoms. The first-order chi connectivity index (χ1) is 13.8. The van der Waals surface area contributed by atoms with E-state index in [2.05, 4.69) is 19.7 Å². The highest BCUT2D eigenvalue weighted by atomic mass is 32.2. The number of fused-ring (bicyclic) bond motifs is 2. The zero-order chi connectivity index (χ0) is 20.6. The largest absolute Gasteiger partial charge is 0.454 e. The maximum atomic E-state index is 11.3. The summed E-state index contributed by atoms with van der Waals surface area (Å²) in [4.78, 5) is 13.9. The summed E-state index contributed by atoms with van der Waals surface area (Å²) in [7, 11) is -3.24. The number of aryl methyl sites for hydroxylation is 2. The second-order valence-electron chi connectivity index (χ2n) is 6.57. The molecule has 0 fully saturated rings. The maximum Gasteiger partial charge on any atom is 0.231 e. The molecule has 4 rings (SSSR count). The lowest BCUT2D eigenvalue weighted by Gasteiger charge is -2.10. The molecule has 0 saturated carbocycles. The summed E-state index contributed by atoms with van der Waals surface area (Å²) in [6, 6.07) is 3.86. The molecule has 0 atom stereocenters.